The van der Waals surface area contributed by atoms with Crippen LogP contribution in [0.4, 0.5) is 5.69 Å². The van der Waals surface area contributed by atoms with E-state index in [1.54, 1.807) is 23.1 Å². The zero-order valence-corrected chi connectivity index (χ0v) is 17.6. The summed E-state index contributed by atoms with van der Waals surface area (Å²) in [6, 6.07) is 4.91. The second kappa shape index (κ2) is 7.70. The molecule has 2 heterocycles. The van der Waals surface area contributed by atoms with Crippen LogP contribution in [-0.4, -0.2) is 42.3 Å². The van der Waals surface area contributed by atoms with Gasteiger partial charge < -0.3 is 4.90 Å². The summed E-state index contributed by atoms with van der Waals surface area (Å²) in [6.07, 6.45) is 1.44. The molecule has 2 aliphatic heterocycles. The van der Waals surface area contributed by atoms with Crippen LogP contribution in [-0.2, 0) is 14.6 Å². The highest BCUT2D eigenvalue weighted by Gasteiger charge is 2.50. The summed E-state index contributed by atoms with van der Waals surface area (Å²) in [5, 5.41) is 1.06. The number of hydrogen-bond donors (Lipinski definition) is 0. The topological polar surface area (TPSA) is 66.8 Å². The number of nitrogens with zero attached hydrogens (tertiary/aromatic N) is 2. The van der Waals surface area contributed by atoms with Gasteiger partial charge in [0.2, 0.25) is 0 Å². The molecule has 2 aliphatic rings. The third-order valence-corrected chi connectivity index (χ3v) is 8.82. The number of benzene rings is 1. The Morgan fingerprint density at radius 2 is 2.00 bits per heavy atom. The van der Waals surface area contributed by atoms with Crippen LogP contribution in [0.15, 0.2) is 23.2 Å². The van der Waals surface area contributed by atoms with E-state index in [0.29, 0.717) is 20.9 Å². The van der Waals surface area contributed by atoms with Crippen LogP contribution in [0.1, 0.15) is 26.7 Å². The Balaban J connectivity index is 2.04. The highest BCUT2D eigenvalue weighted by molar-refractivity contribution is 8.16. The summed E-state index contributed by atoms with van der Waals surface area (Å²) < 4.78 is 24.2. The van der Waals surface area contributed by atoms with Crippen LogP contribution in [0.5, 0.6) is 0 Å². The van der Waals surface area contributed by atoms with Crippen LogP contribution in [0.25, 0.3) is 0 Å². The zero-order valence-electron chi connectivity index (χ0n) is 14.5. The molecule has 5 nitrogen and oxygen atoms in total. The summed E-state index contributed by atoms with van der Waals surface area (Å²) in [6.45, 7) is 3.92. The van der Waals surface area contributed by atoms with Gasteiger partial charge in [-0.3, -0.25) is 4.79 Å². The minimum absolute atomic E-state index is 0.0195. The van der Waals surface area contributed by atoms with Gasteiger partial charge in [-0.2, -0.15) is 4.99 Å². The van der Waals surface area contributed by atoms with Gasteiger partial charge in [-0.15, -0.1) is 0 Å². The second-order valence-electron chi connectivity index (χ2n) is 6.49. The third-order valence-electron chi connectivity index (χ3n) is 4.80. The molecule has 0 saturated carbocycles. The van der Waals surface area contributed by atoms with E-state index in [-0.39, 0.29) is 34.6 Å². The van der Waals surface area contributed by atoms with Crippen molar-refractivity contribution in [2.24, 2.45) is 10.9 Å². The minimum atomic E-state index is -3.13. The Kier molecular flexibility index (Phi) is 5.92. The van der Waals surface area contributed by atoms with Crippen molar-refractivity contribution in [3.8, 4) is 0 Å². The Labute approximate surface area is 168 Å². The van der Waals surface area contributed by atoms with E-state index in [9.17, 15) is 13.2 Å². The first kappa shape index (κ1) is 20.0. The number of sulfone groups is 1. The average molecular weight is 435 g/mol. The van der Waals surface area contributed by atoms with E-state index in [1.165, 1.54) is 11.8 Å². The molecule has 0 spiro atoms. The Hall–Kier alpha value is -0.760. The second-order valence-corrected chi connectivity index (χ2v) is 10.6. The summed E-state index contributed by atoms with van der Waals surface area (Å²) >= 11 is 13.9. The van der Waals surface area contributed by atoms with Gasteiger partial charge in [-0.05, 0) is 25.0 Å². The molecule has 9 heteroatoms. The van der Waals surface area contributed by atoms with Crippen molar-refractivity contribution in [3.05, 3.63) is 28.2 Å². The number of fused-ring (bicyclic) bond motifs is 1. The molecule has 2 fully saturated rings. The molecule has 0 radical (unpaired) electrons. The van der Waals surface area contributed by atoms with E-state index in [4.69, 9.17) is 23.2 Å². The molecule has 0 unspecified atom stereocenters. The van der Waals surface area contributed by atoms with Gasteiger partial charge in [0.05, 0.1) is 33.3 Å². The Morgan fingerprint density at radius 3 is 2.65 bits per heavy atom. The lowest BCUT2D eigenvalue weighted by Gasteiger charge is -2.26. The lowest BCUT2D eigenvalue weighted by Crippen LogP contribution is -2.38. The van der Waals surface area contributed by atoms with Crippen LogP contribution in [0.2, 0.25) is 10.0 Å². The quantitative estimate of drug-likeness (QED) is 0.715. The molecule has 2 atom stereocenters. The smallest absolute Gasteiger partial charge is 0.251 e. The first-order valence-corrected chi connectivity index (χ1v) is 12.0. The van der Waals surface area contributed by atoms with Gasteiger partial charge in [0.15, 0.2) is 15.0 Å². The molecule has 0 aliphatic carbocycles. The fourth-order valence-corrected chi connectivity index (χ4v) is 7.65. The molecular formula is C17H20Cl2N2O3S2. The summed E-state index contributed by atoms with van der Waals surface area (Å²) in [5.41, 5.74) is 0.590. The fourth-order valence-electron chi connectivity index (χ4n) is 3.35. The molecule has 142 valence electrons. The highest BCUT2D eigenvalue weighted by Crippen LogP contribution is 2.44. The summed E-state index contributed by atoms with van der Waals surface area (Å²) in [7, 11) is -3.13. The van der Waals surface area contributed by atoms with Crippen molar-refractivity contribution in [1.82, 2.24) is 0 Å². The maximum atomic E-state index is 12.5. The Morgan fingerprint density at radius 1 is 1.31 bits per heavy atom. The number of amides is 1. The largest absolute Gasteiger partial charge is 0.314 e. The van der Waals surface area contributed by atoms with Gasteiger partial charge in [0, 0.05) is 11.2 Å². The maximum Gasteiger partial charge on any atom is 0.251 e. The molecule has 3 rings (SSSR count). The molecule has 0 N–H and O–H groups in total. The first-order chi connectivity index (χ1) is 12.3. The van der Waals surface area contributed by atoms with Crippen LogP contribution >= 0.6 is 35.0 Å². The molecule has 1 aromatic rings. The van der Waals surface area contributed by atoms with Gasteiger partial charge in [0.1, 0.15) is 0 Å². The zero-order chi connectivity index (χ0) is 19.1. The average Bonchev–Trinajstić information content (AvgIpc) is 3.02. The number of rotatable bonds is 4. The molecule has 2 saturated heterocycles. The lowest BCUT2D eigenvalue weighted by atomic mass is 10.0. The number of aliphatic imine (C=N–C) groups is 1. The summed E-state index contributed by atoms with van der Waals surface area (Å²) in [5.74, 6) is -0.214. The Bertz CT molecular complexity index is 854. The molecule has 0 aromatic heterocycles. The van der Waals surface area contributed by atoms with Crippen LogP contribution in [0.3, 0.4) is 0 Å². The van der Waals surface area contributed by atoms with E-state index >= 15 is 0 Å². The molecule has 1 amide bonds. The van der Waals surface area contributed by atoms with E-state index in [2.05, 4.69) is 4.99 Å². The van der Waals surface area contributed by atoms with Crippen molar-refractivity contribution in [3.63, 3.8) is 0 Å². The number of amidine groups is 1. The predicted molar refractivity (Wildman–Crippen MR) is 109 cm³/mol. The van der Waals surface area contributed by atoms with Crippen molar-refractivity contribution in [1.29, 1.82) is 0 Å². The predicted octanol–water partition coefficient (Wildman–Crippen LogP) is 4.03. The molecule has 0 bridgehead atoms. The number of halogens is 2. The summed E-state index contributed by atoms with van der Waals surface area (Å²) in [4.78, 5) is 18.7. The van der Waals surface area contributed by atoms with Crippen LogP contribution in [0, 0.1) is 5.92 Å². The highest BCUT2D eigenvalue weighted by atomic mass is 35.5. The standard InChI is InChI=1S/C17H20Cl2N2O3S2/c1-3-10(4-2)16(22)20-17-21(12-7-5-6-11(18)15(12)19)13-8-26(23,24)9-14(13)25-17/h5-7,10,13-14H,3-4,8-9H2,1-2H3/t13-,14-/m1/s1. The normalized spacial score (nSPS) is 25.9. The van der Waals surface area contributed by atoms with E-state index in [1.807, 2.05) is 13.8 Å². The van der Waals surface area contributed by atoms with Gasteiger partial charge in [-0.1, -0.05) is 54.9 Å². The van der Waals surface area contributed by atoms with Crippen molar-refractivity contribution < 1.29 is 13.2 Å². The van der Waals surface area contributed by atoms with Crippen molar-refractivity contribution in [2.45, 2.75) is 38.0 Å². The minimum Gasteiger partial charge on any atom is -0.314 e. The first-order valence-electron chi connectivity index (χ1n) is 8.50. The molecule has 1 aromatic carbocycles. The van der Waals surface area contributed by atoms with Gasteiger partial charge in [0.25, 0.3) is 5.91 Å². The third kappa shape index (κ3) is 3.77. The lowest BCUT2D eigenvalue weighted by molar-refractivity contribution is -0.121. The monoisotopic (exact) mass is 434 g/mol. The van der Waals surface area contributed by atoms with Crippen LogP contribution < -0.4 is 4.90 Å². The molecular weight excluding hydrogens is 415 g/mol. The number of hydrogen-bond acceptors (Lipinski definition) is 4. The van der Waals surface area contributed by atoms with Crippen molar-refractivity contribution >= 4 is 61.6 Å². The van der Waals surface area contributed by atoms with E-state index < -0.39 is 9.84 Å². The van der Waals surface area contributed by atoms with Gasteiger partial charge in [-0.25, -0.2) is 8.42 Å². The maximum absolute atomic E-state index is 12.5. The number of anilines is 1. The van der Waals surface area contributed by atoms with E-state index in [0.717, 1.165) is 12.8 Å². The number of thioether (sulfide) groups is 1. The van der Waals surface area contributed by atoms with Crippen molar-refractivity contribution in [2.75, 3.05) is 16.4 Å². The fraction of sp³-hybridized carbons (Fsp3) is 0.529. The number of carbonyl (C=O) groups excluding carboxylic acids is 1. The van der Waals surface area contributed by atoms with Gasteiger partial charge >= 0.3 is 0 Å². The number of carbonyl (C=O) groups is 1. The molecule has 26 heavy (non-hydrogen) atoms. The SMILES string of the molecule is CCC(CC)C(=O)N=C1S[C@@H]2CS(=O)(=O)C[C@H]2N1c1cccc(Cl)c1Cl.